The fourth-order valence-corrected chi connectivity index (χ4v) is 4.56. The van der Waals surface area contributed by atoms with Crippen LogP contribution in [0.2, 0.25) is 0 Å². The van der Waals surface area contributed by atoms with Gasteiger partial charge in [-0.15, -0.1) is 0 Å². The number of nitrogens with zero attached hydrogens (tertiary/aromatic N) is 3. The van der Waals surface area contributed by atoms with E-state index in [9.17, 15) is 0 Å². The Kier molecular flexibility index (Phi) is 4.36. The van der Waals surface area contributed by atoms with E-state index >= 15 is 0 Å². The molecule has 1 aromatic heterocycles. The molecule has 0 spiro atoms. The molecular weight excluding hydrogens is 260 g/mol. The first-order valence-electron chi connectivity index (χ1n) is 8.66. The zero-order valence-electron chi connectivity index (χ0n) is 14.0. The normalized spacial score (nSPS) is 28.4. The zero-order valence-corrected chi connectivity index (χ0v) is 14.0. The highest BCUT2D eigenvalue weighted by atomic mass is 15.3. The van der Waals surface area contributed by atoms with Gasteiger partial charge in [0.25, 0.3) is 0 Å². The lowest BCUT2D eigenvalue weighted by Crippen LogP contribution is -2.45. The number of aromatic nitrogens is 2. The van der Waals surface area contributed by atoms with E-state index in [1.54, 1.807) is 0 Å². The van der Waals surface area contributed by atoms with Gasteiger partial charge in [0.1, 0.15) is 0 Å². The molecule has 1 N–H and O–H groups in total. The summed E-state index contributed by atoms with van der Waals surface area (Å²) in [5, 5.41) is 8.44. The molecule has 4 nitrogen and oxygen atoms in total. The van der Waals surface area contributed by atoms with Crippen LogP contribution in [0.15, 0.2) is 0 Å². The average molecular weight is 290 g/mol. The molecule has 118 valence electrons. The van der Waals surface area contributed by atoms with Gasteiger partial charge in [-0.2, -0.15) is 5.10 Å². The predicted octanol–water partition coefficient (Wildman–Crippen LogP) is 2.80. The number of hydrogen-bond acceptors (Lipinski definition) is 3. The Bertz CT molecular complexity index is 487. The molecule has 0 radical (unpaired) electrons. The molecule has 2 aliphatic heterocycles. The lowest BCUT2D eigenvalue weighted by molar-refractivity contribution is 0.162. The van der Waals surface area contributed by atoms with E-state index in [0.717, 1.165) is 6.54 Å². The first kappa shape index (κ1) is 15.0. The van der Waals surface area contributed by atoms with E-state index < -0.39 is 0 Å². The minimum absolute atomic E-state index is 0.486. The molecule has 1 aromatic rings. The molecule has 0 amide bonds. The van der Waals surface area contributed by atoms with Crippen LogP contribution < -0.4 is 5.32 Å². The van der Waals surface area contributed by atoms with Gasteiger partial charge in [-0.05, 0) is 66.5 Å². The van der Waals surface area contributed by atoms with Gasteiger partial charge >= 0.3 is 0 Å². The van der Waals surface area contributed by atoms with Crippen molar-refractivity contribution in [1.29, 1.82) is 0 Å². The summed E-state index contributed by atoms with van der Waals surface area (Å²) in [6.07, 6.45) is 5.38. The molecule has 3 heterocycles. The molecule has 0 saturated carbocycles. The predicted molar refractivity (Wildman–Crippen MR) is 86.5 cm³/mol. The van der Waals surface area contributed by atoms with E-state index in [1.807, 2.05) is 0 Å². The SMILES string of the molecule is CCn1nc(C)c(C(C)N2CCCC2C2CCCN2)c1C. The molecule has 2 saturated heterocycles. The van der Waals surface area contributed by atoms with Crippen molar-refractivity contribution in [2.24, 2.45) is 0 Å². The molecule has 0 bridgehead atoms. The van der Waals surface area contributed by atoms with Crippen LogP contribution in [0.3, 0.4) is 0 Å². The Morgan fingerprint density at radius 3 is 2.71 bits per heavy atom. The maximum Gasteiger partial charge on any atom is 0.0644 e. The van der Waals surface area contributed by atoms with Crippen LogP contribution in [-0.4, -0.2) is 39.9 Å². The third-order valence-corrected chi connectivity index (χ3v) is 5.56. The quantitative estimate of drug-likeness (QED) is 0.925. The summed E-state index contributed by atoms with van der Waals surface area (Å²) >= 11 is 0. The van der Waals surface area contributed by atoms with Crippen molar-refractivity contribution in [3.63, 3.8) is 0 Å². The molecule has 4 heteroatoms. The summed E-state index contributed by atoms with van der Waals surface area (Å²) < 4.78 is 2.15. The van der Waals surface area contributed by atoms with E-state index in [0.29, 0.717) is 18.1 Å². The third-order valence-electron chi connectivity index (χ3n) is 5.56. The summed E-state index contributed by atoms with van der Waals surface area (Å²) in [5.74, 6) is 0. The maximum atomic E-state index is 4.72. The van der Waals surface area contributed by atoms with Crippen LogP contribution in [0.1, 0.15) is 62.5 Å². The van der Waals surface area contributed by atoms with Crippen molar-refractivity contribution >= 4 is 0 Å². The Balaban J connectivity index is 1.83. The van der Waals surface area contributed by atoms with Crippen LogP contribution in [0.5, 0.6) is 0 Å². The lowest BCUT2D eigenvalue weighted by atomic mass is 9.99. The molecule has 21 heavy (non-hydrogen) atoms. The third kappa shape index (κ3) is 2.64. The fourth-order valence-electron chi connectivity index (χ4n) is 4.56. The second kappa shape index (κ2) is 6.09. The number of aryl methyl sites for hydroxylation is 2. The zero-order chi connectivity index (χ0) is 15.0. The molecule has 2 aliphatic rings. The van der Waals surface area contributed by atoms with Crippen molar-refractivity contribution in [2.75, 3.05) is 13.1 Å². The van der Waals surface area contributed by atoms with Crippen LogP contribution in [0.4, 0.5) is 0 Å². The van der Waals surface area contributed by atoms with Crippen LogP contribution in [-0.2, 0) is 6.54 Å². The Morgan fingerprint density at radius 2 is 2.10 bits per heavy atom. The monoisotopic (exact) mass is 290 g/mol. The van der Waals surface area contributed by atoms with Crippen LogP contribution >= 0.6 is 0 Å². The molecule has 3 atom stereocenters. The van der Waals surface area contributed by atoms with E-state index in [2.05, 4.69) is 42.6 Å². The highest BCUT2D eigenvalue weighted by Crippen LogP contribution is 2.35. The minimum Gasteiger partial charge on any atom is -0.312 e. The second-order valence-electron chi connectivity index (χ2n) is 6.73. The van der Waals surface area contributed by atoms with Crippen LogP contribution in [0, 0.1) is 13.8 Å². The lowest BCUT2D eigenvalue weighted by Gasteiger charge is -2.34. The molecule has 2 fully saturated rings. The van der Waals surface area contributed by atoms with Gasteiger partial charge in [-0.1, -0.05) is 0 Å². The maximum absolute atomic E-state index is 4.72. The van der Waals surface area contributed by atoms with Crippen molar-refractivity contribution in [3.8, 4) is 0 Å². The van der Waals surface area contributed by atoms with Gasteiger partial charge in [-0.25, -0.2) is 0 Å². The van der Waals surface area contributed by atoms with Crippen molar-refractivity contribution in [2.45, 2.75) is 78.0 Å². The molecule has 3 unspecified atom stereocenters. The van der Waals surface area contributed by atoms with Crippen molar-refractivity contribution < 1.29 is 0 Å². The smallest absolute Gasteiger partial charge is 0.0644 e. The van der Waals surface area contributed by atoms with E-state index in [-0.39, 0.29) is 0 Å². The summed E-state index contributed by atoms with van der Waals surface area (Å²) in [4.78, 5) is 2.74. The number of nitrogens with one attached hydrogen (secondary N) is 1. The first-order chi connectivity index (χ1) is 10.1. The number of hydrogen-bond donors (Lipinski definition) is 1. The average Bonchev–Trinajstić information content (AvgIpc) is 3.16. The summed E-state index contributed by atoms with van der Waals surface area (Å²) in [7, 11) is 0. The standard InChI is InChI=1S/C17H30N4/c1-5-21-14(4)17(12(2)19-21)13(3)20-11-7-9-16(20)15-8-6-10-18-15/h13,15-16,18H,5-11H2,1-4H3. The van der Waals surface area contributed by atoms with E-state index in [4.69, 9.17) is 5.10 Å². The second-order valence-corrected chi connectivity index (χ2v) is 6.73. The Hall–Kier alpha value is -0.870. The largest absolute Gasteiger partial charge is 0.312 e. The van der Waals surface area contributed by atoms with E-state index in [1.165, 1.54) is 55.7 Å². The highest BCUT2D eigenvalue weighted by Gasteiger charge is 2.37. The van der Waals surface area contributed by atoms with Crippen molar-refractivity contribution in [3.05, 3.63) is 17.0 Å². The Labute approximate surface area is 128 Å². The van der Waals surface area contributed by atoms with Gasteiger partial charge < -0.3 is 5.32 Å². The summed E-state index contributed by atoms with van der Waals surface area (Å²) in [5.41, 5.74) is 4.03. The van der Waals surface area contributed by atoms with Gasteiger partial charge in [0.05, 0.1) is 5.69 Å². The van der Waals surface area contributed by atoms with Gasteiger partial charge in [-0.3, -0.25) is 9.58 Å². The van der Waals surface area contributed by atoms with Gasteiger partial charge in [0.2, 0.25) is 0 Å². The van der Waals surface area contributed by atoms with Gasteiger partial charge in [0.15, 0.2) is 0 Å². The highest BCUT2D eigenvalue weighted by molar-refractivity contribution is 5.28. The summed E-state index contributed by atoms with van der Waals surface area (Å²) in [6, 6.07) is 1.91. The fraction of sp³-hybridized carbons (Fsp3) is 0.824. The topological polar surface area (TPSA) is 33.1 Å². The molecular formula is C17H30N4. The van der Waals surface area contributed by atoms with Crippen LogP contribution in [0.25, 0.3) is 0 Å². The first-order valence-corrected chi connectivity index (χ1v) is 8.66. The summed E-state index contributed by atoms with van der Waals surface area (Å²) in [6.45, 7) is 12.4. The van der Waals surface area contributed by atoms with Gasteiger partial charge in [0, 0.05) is 35.9 Å². The number of likely N-dealkylation sites (tertiary alicyclic amines) is 1. The molecule has 0 aliphatic carbocycles. The number of rotatable bonds is 4. The molecule has 0 aromatic carbocycles. The Morgan fingerprint density at radius 1 is 1.29 bits per heavy atom. The molecule has 3 rings (SSSR count). The minimum atomic E-state index is 0.486. The van der Waals surface area contributed by atoms with Crippen molar-refractivity contribution in [1.82, 2.24) is 20.0 Å².